The van der Waals surface area contributed by atoms with Gasteiger partial charge in [0.05, 0.1) is 5.56 Å². The van der Waals surface area contributed by atoms with Gasteiger partial charge in [0.1, 0.15) is 17.5 Å². The summed E-state index contributed by atoms with van der Waals surface area (Å²) < 4.78 is 39.3. The van der Waals surface area contributed by atoms with Gasteiger partial charge in [0.25, 0.3) is 5.91 Å². The predicted octanol–water partition coefficient (Wildman–Crippen LogP) is 3.67. The number of amides is 2. The van der Waals surface area contributed by atoms with Gasteiger partial charge in [-0.3, -0.25) is 9.59 Å². The van der Waals surface area contributed by atoms with Crippen LogP contribution in [0.2, 0.25) is 0 Å². The number of hydrogen-bond acceptors (Lipinski definition) is 2. The van der Waals surface area contributed by atoms with E-state index in [1.165, 1.54) is 29.2 Å². The zero-order chi connectivity index (χ0) is 19.1. The molecule has 0 aliphatic carbocycles. The summed E-state index contributed by atoms with van der Waals surface area (Å²) in [5.41, 5.74) is 0.343. The van der Waals surface area contributed by atoms with Crippen LogP contribution in [0.25, 0.3) is 0 Å². The summed E-state index contributed by atoms with van der Waals surface area (Å²) >= 11 is 0. The minimum Gasteiger partial charge on any atom is -0.352 e. The van der Waals surface area contributed by atoms with Gasteiger partial charge in [0, 0.05) is 31.3 Å². The van der Waals surface area contributed by atoms with Crippen molar-refractivity contribution in [2.75, 3.05) is 18.0 Å². The second-order valence-corrected chi connectivity index (χ2v) is 5.60. The highest BCUT2D eigenvalue weighted by Gasteiger charge is 2.15. The Morgan fingerprint density at radius 1 is 1.00 bits per heavy atom. The summed E-state index contributed by atoms with van der Waals surface area (Å²) in [6, 6.07) is 8.32. The number of nitrogens with one attached hydrogen (secondary N) is 1. The van der Waals surface area contributed by atoms with Crippen molar-refractivity contribution in [1.82, 2.24) is 5.32 Å². The molecule has 7 heteroatoms. The van der Waals surface area contributed by atoms with Gasteiger partial charge in [0.2, 0.25) is 5.91 Å². The molecular formula is C19H19F3N2O2. The van der Waals surface area contributed by atoms with Crippen molar-refractivity contribution in [2.24, 2.45) is 0 Å². The van der Waals surface area contributed by atoms with Crippen LogP contribution in [0.1, 0.15) is 30.1 Å². The van der Waals surface area contributed by atoms with Crippen molar-refractivity contribution in [3.8, 4) is 0 Å². The number of nitrogens with zero attached hydrogens (tertiary/aromatic N) is 1. The van der Waals surface area contributed by atoms with Gasteiger partial charge in [-0.25, -0.2) is 13.2 Å². The van der Waals surface area contributed by atoms with Crippen molar-refractivity contribution in [1.29, 1.82) is 0 Å². The molecule has 0 saturated carbocycles. The molecule has 1 N–H and O–H groups in total. The van der Waals surface area contributed by atoms with E-state index in [-0.39, 0.29) is 30.3 Å². The molecule has 0 atom stereocenters. The first kappa shape index (κ1) is 19.5. The Morgan fingerprint density at radius 2 is 1.65 bits per heavy atom. The SMILES string of the molecule is CCN(C(=O)CCCNC(=O)c1ccc(F)cc1F)c1ccc(F)cc1. The van der Waals surface area contributed by atoms with Crippen LogP contribution in [-0.4, -0.2) is 24.9 Å². The van der Waals surface area contributed by atoms with Crippen molar-refractivity contribution in [3.63, 3.8) is 0 Å². The van der Waals surface area contributed by atoms with E-state index < -0.39 is 17.5 Å². The van der Waals surface area contributed by atoms with Gasteiger partial charge >= 0.3 is 0 Å². The van der Waals surface area contributed by atoms with E-state index in [0.29, 0.717) is 24.7 Å². The first-order valence-corrected chi connectivity index (χ1v) is 8.21. The summed E-state index contributed by atoms with van der Waals surface area (Å²) in [7, 11) is 0. The van der Waals surface area contributed by atoms with Gasteiger partial charge in [-0.05, 0) is 49.7 Å². The lowest BCUT2D eigenvalue weighted by Gasteiger charge is -2.21. The number of halogens is 3. The fourth-order valence-corrected chi connectivity index (χ4v) is 2.47. The van der Waals surface area contributed by atoms with Gasteiger partial charge < -0.3 is 10.2 Å². The average molecular weight is 364 g/mol. The zero-order valence-corrected chi connectivity index (χ0v) is 14.3. The zero-order valence-electron chi connectivity index (χ0n) is 14.3. The van der Waals surface area contributed by atoms with Gasteiger partial charge in [-0.1, -0.05) is 0 Å². The molecule has 2 amide bonds. The number of anilines is 1. The molecule has 0 bridgehead atoms. The third-order valence-electron chi connectivity index (χ3n) is 3.78. The summed E-state index contributed by atoms with van der Waals surface area (Å²) in [4.78, 5) is 25.7. The van der Waals surface area contributed by atoms with E-state index in [4.69, 9.17) is 0 Å². The van der Waals surface area contributed by atoms with E-state index in [0.717, 1.165) is 12.1 Å². The maximum absolute atomic E-state index is 13.5. The number of benzene rings is 2. The minimum absolute atomic E-state index is 0.164. The number of carbonyl (C=O) groups excluding carboxylic acids is 2. The Bertz CT molecular complexity index is 779. The Morgan fingerprint density at radius 3 is 2.27 bits per heavy atom. The molecule has 2 aromatic rings. The van der Waals surface area contributed by atoms with Crippen molar-refractivity contribution < 1.29 is 22.8 Å². The van der Waals surface area contributed by atoms with Crippen LogP contribution in [0.15, 0.2) is 42.5 Å². The highest BCUT2D eigenvalue weighted by molar-refractivity contribution is 5.95. The molecule has 0 saturated heterocycles. The van der Waals surface area contributed by atoms with Crippen LogP contribution in [0.3, 0.4) is 0 Å². The molecule has 0 aromatic heterocycles. The molecule has 0 fully saturated rings. The van der Waals surface area contributed by atoms with Gasteiger partial charge in [-0.15, -0.1) is 0 Å². The van der Waals surface area contributed by atoms with Crippen LogP contribution >= 0.6 is 0 Å². The van der Waals surface area contributed by atoms with E-state index in [1.54, 1.807) is 6.92 Å². The quantitative estimate of drug-likeness (QED) is 0.762. The summed E-state index contributed by atoms with van der Waals surface area (Å²) in [5.74, 6) is -2.91. The lowest BCUT2D eigenvalue weighted by molar-refractivity contribution is -0.118. The molecule has 138 valence electrons. The predicted molar refractivity (Wildman–Crippen MR) is 92.4 cm³/mol. The maximum atomic E-state index is 13.5. The first-order valence-electron chi connectivity index (χ1n) is 8.21. The highest BCUT2D eigenvalue weighted by Crippen LogP contribution is 2.16. The Kier molecular flexibility index (Phi) is 6.77. The molecule has 0 radical (unpaired) electrons. The van der Waals surface area contributed by atoms with E-state index in [1.807, 2.05) is 0 Å². The van der Waals surface area contributed by atoms with Gasteiger partial charge in [0.15, 0.2) is 0 Å². The second kappa shape index (κ2) is 9.03. The third-order valence-corrected chi connectivity index (χ3v) is 3.78. The van der Waals surface area contributed by atoms with Crippen molar-refractivity contribution >= 4 is 17.5 Å². The van der Waals surface area contributed by atoms with Crippen LogP contribution < -0.4 is 10.2 Å². The summed E-state index contributed by atoms with van der Waals surface area (Å²) in [6.45, 7) is 2.40. The number of hydrogen-bond donors (Lipinski definition) is 1. The molecule has 26 heavy (non-hydrogen) atoms. The Hall–Kier alpha value is -2.83. The fraction of sp³-hybridized carbons (Fsp3) is 0.263. The fourth-order valence-electron chi connectivity index (χ4n) is 2.47. The topological polar surface area (TPSA) is 49.4 Å². The largest absolute Gasteiger partial charge is 0.352 e. The molecular weight excluding hydrogens is 345 g/mol. The third kappa shape index (κ3) is 5.08. The number of carbonyl (C=O) groups is 2. The van der Waals surface area contributed by atoms with Crippen LogP contribution in [0.5, 0.6) is 0 Å². The molecule has 4 nitrogen and oxygen atoms in total. The summed E-state index contributed by atoms with van der Waals surface area (Å²) in [5, 5.41) is 2.50. The van der Waals surface area contributed by atoms with Crippen LogP contribution in [0.4, 0.5) is 18.9 Å². The second-order valence-electron chi connectivity index (χ2n) is 5.60. The molecule has 0 spiro atoms. The van der Waals surface area contributed by atoms with Crippen molar-refractivity contribution in [3.05, 3.63) is 65.5 Å². The van der Waals surface area contributed by atoms with Crippen LogP contribution in [-0.2, 0) is 4.79 Å². The molecule has 2 aromatic carbocycles. The lowest BCUT2D eigenvalue weighted by Crippen LogP contribution is -2.32. The molecule has 2 rings (SSSR count). The average Bonchev–Trinajstić information content (AvgIpc) is 2.60. The number of rotatable bonds is 7. The van der Waals surface area contributed by atoms with Crippen LogP contribution in [0, 0.1) is 17.5 Å². The maximum Gasteiger partial charge on any atom is 0.254 e. The molecule has 0 aliphatic rings. The summed E-state index contributed by atoms with van der Waals surface area (Å²) in [6.07, 6.45) is 0.516. The minimum atomic E-state index is -0.938. The monoisotopic (exact) mass is 364 g/mol. The van der Waals surface area contributed by atoms with E-state index in [2.05, 4.69) is 5.32 Å². The lowest BCUT2D eigenvalue weighted by atomic mass is 10.2. The highest BCUT2D eigenvalue weighted by atomic mass is 19.1. The normalized spacial score (nSPS) is 10.5. The standard InChI is InChI=1S/C19H19F3N2O2/c1-2-24(15-8-5-13(20)6-9-15)18(25)4-3-11-23-19(26)16-10-7-14(21)12-17(16)22/h5-10,12H,2-4,11H2,1H3,(H,23,26). The smallest absolute Gasteiger partial charge is 0.254 e. The molecule has 0 heterocycles. The van der Waals surface area contributed by atoms with E-state index in [9.17, 15) is 22.8 Å². The Balaban J connectivity index is 1.83. The van der Waals surface area contributed by atoms with Crippen molar-refractivity contribution in [2.45, 2.75) is 19.8 Å². The van der Waals surface area contributed by atoms with Gasteiger partial charge in [-0.2, -0.15) is 0 Å². The Labute approximate surface area is 149 Å². The molecule has 0 unspecified atom stereocenters. The molecule has 0 aliphatic heterocycles. The first-order chi connectivity index (χ1) is 12.4. The van der Waals surface area contributed by atoms with E-state index >= 15 is 0 Å².